The molecule has 1 heterocycles. The molecular formula is C17H25ClN2. The Morgan fingerprint density at radius 3 is 2.80 bits per heavy atom. The summed E-state index contributed by atoms with van der Waals surface area (Å²) in [7, 11) is 0. The van der Waals surface area contributed by atoms with E-state index in [1.807, 2.05) is 0 Å². The summed E-state index contributed by atoms with van der Waals surface area (Å²) in [6.45, 7) is 5.60. The molecule has 1 saturated heterocycles. The van der Waals surface area contributed by atoms with Crippen LogP contribution in [0.3, 0.4) is 0 Å². The van der Waals surface area contributed by atoms with Crippen molar-refractivity contribution in [2.75, 3.05) is 18.0 Å². The van der Waals surface area contributed by atoms with Crippen molar-refractivity contribution in [3.8, 4) is 0 Å². The lowest BCUT2D eigenvalue weighted by atomic mass is 10.0. The van der Waals surface area contributed by atoms with Gasteiger partial charge in [-0.1, -0.05) is 24.6 Å². The van der Waals surface area contributed by atoms with Crippen LogP contribution in [-0.4, -0.2) is 19.1 Å². The maximum absolute atomic E-state index is 6.46. The van der Waals surface area contributed by atoms with Gasteiger partial charge in [0.1, 0.15) is 0 Å². The first-order chi connectivity index (χ1) is 9.72. The average molecular weight is 293 g/mol. The van der Waals surface area contributed by atoms with Gasteiger partial charge in [-0.05, 0) is 55.7 Å². The van der Waals surface area contributed by atoms with Crippen LogP contribution in [0.15, 0.2) is 18.2 Å². The summed E-state index contributed by atoms with van der Waals surface area (Å²) in [5, 5.41) is 4.44. The standard InChI is InChI=1S/C17H25ClN2/c1-13-3-2-9-20(10-8-13)16-7-4-14(17(18)11-16)12-19-15-5-6-15/h4,7,11,13,15,19H,2-3,5-6,8-10,12H2,1H3. The second kappa shape index (κ2) is 6.36. The van der Waals surface area contributed by atoms with Crippen molar-refractivity contribution < 1.29 is 0 Å². The molecule has 1 N–H and O–H groups in total. The summed E-state index contributed by atoms with van der Waals surface area (Å²) in [4.78, 5) is 2.49. The monoisotopic (exact) mass is 292 g/mol. The molecule has 3 rings (SSSR count). The van der Waals surface area contributed by atoms with Crippen LogP contribution in [-0.2, 0) is 6.54 Å². The first-order valence-electron chi connectivity index (χ1n) is 7.99. The summed E-state index contributed by atoms with van der Waals surface area (Å²) in [6, 6.07) is 7.33. The van der Waals surface area contributed by atoms with Crippen molar-refractivity contribution in [3.63, 3.8) is 0 Å². The smallest absolute Gasteiger partial charge is 0.0471 e. The zero-order valence-corrected chi connectivity index (χ0v) is 13.1. The topological polar surface area (TPSA) is 15.3 Å². The minimum Gasteiger partial charge on any atom is -0.371 e. The molecule has 0 spiro atoms. The molecule has 2 nitrogen and oxygen atoms in total. The predicted molar refractivity (Wildman–Crippen MR) is 86.5 cm³/mol. The van der Waals surface area contributed by atoms with E-state index in [4.69, 9.17) is 11.6 Å². The van der Waals surface area contributed by atoms with E-state index in [0.29, 0.717) is 0 Å². The van der Waals surface area contributed by atoms with E-state index in [9.17, 15) is 0 Å². The Bertz CT molecular complexity index is 456. The molecule has 2 fully saturated rings. The minimum atomic E-state index is 0.734. The third-order valence-electron chi connectivity index (χ3n) is 4.58. The maximum atomic E-state index is 6.46. The third-order valence-corrected chi connectivity index (χ3v) is 4.93. The van der Waals surface area contributed by atoms with E-state index in [1.165, 1.54) is 49.9 Å². The van der Waals surface area contributed by atoms with Crippen molar-refractivity contribution in [3.05, 3.63) is 28.8 Å². The van der Waals surface area contributed by atoms with Gasteiger partial charge in [0.25, 0.3) is 0 Å². The lowest BCUT2D eigenvalue weighted by molar-refractivity contribution is 0.521. The molecule has 1 atom stereocenters. The second-order valence-corrected chi connectivity index (χ2v) is 6.86. The predicted octanol–water partition coefficient (Wildman–Crippen LogP) is 4.22. The van der Waals surface area contributed by atoms with Gasteiger partial charge in [0.15, 0.2) is 0 Å². The zero-order chi connectivity index (χ0) is 13.9. The van der Waals surface area contributed by atoms with Gasteiger partial charge in [0.05, 0.1) is 0 Å². The molecule has 1 unspecified atom stereocenters. The molecule has 1 aliphatic heterocycles. The number of benzene rings is 1. The van der Waals surface area contributed by atoms with Gasteiger partial charge in [-0.2, -0.15) is 0 Å². The largest absolute Gasteiger partial charge is 0.371 e. The molecule has 1 aliphatic carbocycles. The number of halogens is 1. The van der Waals surface area contributed by atoms with Crippen molar-refractivity contribution in [1.82, 2.24) is 5.32 Å². The highest BCUT2D eigenvalue weighted by molar-refractivity contribution is 6.31. The van der Waals surface area contributed by atoms with Crippen molar-refractivity contribution in [1.29, 1.82) is 0 Å². The summed E-state index contributed by atoms with van der Waals surface area (Å²) in [5.41, 5.74) is 2.52. The fraction of sp³-hybridized carbons (Fsp3) is 0.647. The van der Waals surface area contributed by atoms with E-state index >= 15 is 0 Å². The molecule has 0 aromatic heterocycles. The molecule has 1 saturated carbocycles. The Morgan fingerprint density at radius 2 is 2.05 bits per heavy atom. The second-order valence-electron chi connectivity index (χ2n) is 6.45. The lowest BCUT2D eigenvalue weighted by Crippen LogP contribution is -2.24. The van der Waals surface area contributed by atoms with Gasteiger partial charge in [-0.25, -0.2) is 0 Å². The summed E-state index contributed by atoms with van der Waals surface area (Å²) in [6.07, 6.45) is 6.59. The summed E-state index contributed by atoms with van der Waals surface area (Å²) < 4.78 is 0. The molecule has 0 radical (unpaired) electrons. The first kappa shape index (κ1) is 14.2. The Morgan fingerprint density at radius 1 is 1.20 bits per heavy atom. The summed E-state index contributed by atoms with van der Waals surface area (Å²) >= 11 is 6.46. The number of rotatable bonds is 4. The number of anilines is 1. The van der Waals surface area contributed by atoms with E-state index in [1.54, 1.807) is 0 Å². The zero-order valence-electron chi connectivity index (χ0n) is 12.4. The van der Waals surface area contributed by atoms with E-state index in [0.717, 1.165) is 30.1 Å². The van der Waals surface area contributed by atoms with Crippen molar-refractivity contribution in [2.24, 2.45) is 5.92 Å². The minimum absolute atomic E-state index is 0.734. The molecule has 20 heavy (non-hydrogen) atoms. The van der Waals surface area contributed by atoms with Crippen LogP contribution in [0.5, 0.6) is 0 Å². The van der Waals surface area contributed by atoms with Gasteiger partial charge in [0.2, 0.25) is 0 Å². The quantitative estimate of drug-likeness (QED) is 0.894. The van der Waals surface area contributed by atoms with Gasteiger partial charge < -0.3 is 10.2 Å². The highest BCUT2D eigenvalue weighted by atomic mass is 35.5. The fourth-order valence-electron chi connectivity index (χ4n) is 2.94. The average Bonchev–Trinajstić information content (AvgIpc) is 3.25. The van der Waals surface area contributed by atoms with Crippen LogP contribution < -0.4 is 10.2 Å². The molecule has 0 amide bonds. The highest BCUT2D eigenvalue weighted by Gasteiger charge is 2.20. The van der Waals surface area contributed by atoms with Crippen LogP contribution in [0.4, 0.5) is 5.69 Å². The Balaban J connectivity index is 1.65. The molecule has 1 aromatic rings. The first-order valence-corrected chi connectivity index (χ1v) is 8.37. The molecule has 1 aromatic carbocycles. The van der Waals surface area contributed by atoms with Crippen LogP contribution >= 0.6 is 11.6 Å². The van der Waals surface area contributed by atoms with E-state index in [2.05, 4.69) is 35.3 Å². The fourth-order valence-corrected chi connectivity index (χ4v) is 3.18. The Hall–Kier alpha value is -0.730. The summed E-state index contributed by atoms with van der Waals surface area (Å²) in [5.74, 6) is 0.859. The third kappa shape index (κ3) is 3.67. The number of hydrogen-bond donors (Lipinski definition) is 1. The number of nitrogens with zero attached hydrogens (tertiary/aromatic N) is 1. The van der Waals surface area contributed by atoms with Gasteiger partial charge >= 0.3 is 0 Å². The van der Waals surface area contributed by atoms with Crippen LogP contribution in [0.25, 0.3) is 0 Å². The molecular weight excluding hydrogens is 268 g/mol. The molecule has 110 valence electrons. The van der Waals surface area contributed by atoms with Crippen LogP contribution in [0.1, 0.15) is 44.6 Å². The van der Waals surface area contributed by atoms with E-state index < -0.39 is 0 Å². The SMILES string of the molecule is CC1CCCN(c2ccc(CNC3CC3)c(Cl)c2)CC1. The van der Waals surface area contributed by atoms with Crippen molar-refractivity contribution in [2.45, 2.75) is 51.6 Å². The van der Waals surface area contributed by atoms with Crippen LogP contribution in [0.2, 0.25) is 5.02 Å². The molecule has 3 heteroatoms. The Kier molecular flexibility index (Phi) is 4.52. The maximum Gasteiger partial charge on any atom is 0.0471 e. The number of nitrogens with one attached hydrogen (secondary N) is 1. The van der Waals surface area contributed by atoms with Gasteiger partial charge in [0, 0.05) is 36.4 Å². The normalized spacial score (nSPS) is 23.7. The van der Waals surface area contributed by atoms with Crippen LogP contribution in [0, 0.1) is 5.92 Å². The van der Waals surface area contributed by atoms with Gasteiger partial charge in [-0.3, -0.25) is 0 Å². The van der Waals surface area contributed by atoms with E-state index in [-0.39, 0.29) is 0 Å². The lowest BCUT2D eigenvalue weighted by Gasteiger charge is -2.23. The van der Waals surface area contributed by atoms with Crippen molar-refractivity contribution >= 4 is 17.3 Å². The Labute approximate surface area is 127 Å². The molecule has 2 aliphatic rings. The highest BCUT2D eigenvalue weighted by Crippen LogP contribution is 2.28. The van der Waals surface area contributed by atoms with Gasteiger partial charge in [-0.15, -0.1) is 0 Å². The number of hydrogen-bond acceptors (Lipinski definition) is 2. The molecule has 0 bridgehead atoms.